The van der Waals surface area contributed by atoms with Gasteiger partial charge in [-0.25, -0.2) is 4.98 Å². The van der Waals surface area contributed by atoms with Gasteiger partial charge < -0.3 is 9.80 Å². The van der Waals surface area contributed by atoms with Crippen LogP contribution in [0.5, 0.6) is 0 Å². The van der Waals surface area contributed by atoms with Gasteiger partial charge in [0.05, 0.1) is 46.3 Å². The van der Waals surface area contributed by atoms with Crippen molar-refractivity contribution in [3.63, 3.8) is 0 Å². The van der Waals surface area contributed by atoms with Crippen LogP contribution in [0.1, 0.15) is 125 Å². The molecule has 22 rings (SSSR count). The molecule has 0 saturated heterocycles. The van der Waals surface area contributed by atoms with Gasteiger partial charge in [0.15, 0.2) is 25.4 Å². The van der Waals surface area contributed by atoms with E-state index in [-0.39, 0.29) is 33.6 Å². The van der Waals surface area contributed by atoms with Gasteiger partial charge in [0.25, 0.3) is 0 Å². The molecule has 2 aliphatic heterocycles. The number of rotatable bonds is 7. The molecular weight excluding hydrogens is 1450 g/mol. The zero-order valence-corrected chi connectivity index (χ0v) is 67.4. The number of fused-ring (bicyclic) bond motifs is 19. The number of pyridine rings is 3. The third-order valence-corrected chi connectivity index (χ3v) is 29.4. The maximum absolute atomic E-state index is 14.5. The zero-order chi connectivity index (χ0) is 79.8. The van der Waals surface area contributed by atoms with Crippen molar-refractivity contribution < 1.29 is 14.4 Å². The molecule has 562 valence electrons. The fraction of sp³-hybridized carbons (Fsp3) is 0.103. The third kappa shape index (κ3) is 11.3. The molecule has 117 heavy (non-hydrogen) atoms. The van der Waals surface area contributed by atoms with Crippen molar-refractivity contribution in [3.05, 3.63) is 408 Å². The number of anilines is 9. The van der Waals surface area contributed by atoms with E-state index in [1.165, 1.54) is 43.0 Å². The second kappa shape index (κ2) is 27.6. The zero-order valence-electron chi connectivity index (χ0n) is 66.4. The van der Waals surface area contributed by atoms with Crippen LogP contribution in [0.2, 0.25) is 0 Å². The number of hydrogen-bond acceptors (Lipinski definition) is 9. The number of nitrogens with zero attached hydrogens (tertiary/aromatic N) is 6. The molecule has 0 fully saturated rings. The minimum absolute atomic E-state index is 0.0489. The number of hydrogen-bond donors (Lipinski definition) is 0. The Hall–Kier alpha value is -14.1. The Morgan fingerprint density at radius 1 is 0.316 bits per heavy atom. The summed E-state index contributed by atoms with van der Waals surface area (Å²) in [6.07, 6.45) is 9.17. The summed E-state index contributed by atoms with van der Waals surface area (Å²) in [5, 5.41) is 5.25. The van der Waals surface area contributed by atoms with Crippen molar-refractivity contribution in [2.24, 2.45) is 0 Å². The van der Waals surface area contributed by atoms with Gasteiger partial charge in [0.1, 0.15) is 5.82 Å². The van der Waals surface area contributed by atoms with E-state index in [0.29, 0.717) is 5.56 Å². The van der Waals surface area contributed by atoms with Crippen LogP contribution in [0.3, 0.4) is 0 Å². The lowest BCUT2D eigenvalue weighted by Gasteiger charge is -2.45. The molecule has 0 N–H and O–H groups in total. The molecule has 9 nitrogen and oxygen atoms in total. The second-order valence-corrected chi connectivity index (χ2v) is 37.4. The summed E-state index contributed by atoms with van der Waals surface area (Å²) in [5.74, 6) is 0.999. The van der Waals surface area contributed by atoms with Crippen molar-refractivity contribution in [2.75, 3.05) is 14.7 Å². The Morgan fingerprint density at radius 3 is 1.19 bits per heavy atom. The molecule has 3 aromatic heterocycles. The lowest BCUT2D eigenvalue weighted by Crippen LogP contribution is -2.77. The van der Waals surface area contributed by atoms with Crippen LogP contribution in [0, 0.1) is 0 Å². The molecule has 0 bridgehead atoms. The Labute approximate surface area is 683 Å². The Morgan fingerprint density at radius 2 is 0.709 bits per heavy atom. The van der Waals surface area contributed by atoms with E-state index >= 15 is 0 Å². The first-order valence-corrected chi connectivity index (χ1v) is 42.2. The molecule has 0 atom stereocenters. The minimum Gasteiger partial charge on any atom is -0.308 e. The number of ketones is 3. The highest BCUT2D eigenvalue weighted by Gasteiger charge is 2.50. The molecule has 0 unspecified atom stereocenters. The van der Waals surface area contributed by atoms with Gasteiger partial charge in [-0.15, -0.1) is 0 Å². The Balaban J connectivity index is 0.000000114. The van der Waals surface area contributed by atoms with Gasteiger partial charge >= 0.3 is 0 Å². The van der Waals surface area contributed by atoms with Crippen LogP contribution >= 0.6 is 0 Å². The van der Waals surface area contributed by atoms with Gasteiger partial charge in [0.2, 0.25) is 0 Å². The highest BCUT2D eigenvalue weighted by atomic mass is 28.3. The summed E-state index contributed by atoms with van der Waals surface area (Å²) in [7, 11) is -2.74. The Kier molecular flexibility index (Phi) is 17.0. The third-order valence-electron chi connectivity index (χ3n) is 24.6. The van der Waals surface area contributed by atoms with E-state index in [4.69, 9.17) is 9.97 Å². The number of carbonyl (C=O) groups excluding carboxylic acids is 3. The SMILES string of the molecule is CC(C)(C)c1ccc(N(c2ccc(C(C)(C)C)cc2)c2cncc3c2C(=O)c2c4cccccc-4cc2-3)cc1.CC1(C)c2ccccc2N(c2nccc3c2-c2cc4cccccc-4c2C3=O)c2ccccc21.O=C1c2c3cccccc-3cc2-c2cncc(N3c4ccccc4[Si](c4ccccc4)(c4ccccc4)c4ccccc43)c21. The minimum atomic E-state index is -2.74. The van der Waals surface area contributed by atoms with E-state index in [1.54, 1.807) is 6.20 Å². The lowest BCUT2D eigenvalue weighted by molar-refractivity contribution is 0.103. The molecule has 10 heteroatoms. The topological polar surface area (TPSA) is 99.6 Å². The molecular formula is C107H82N6O3Si. The molecule has 11 aromatic rings. The number of carbonyl (C=O) groups is 3. The molecule has 9 aliphatic carbocycles. The summed E-state index contributed by atoms with van der Waals surface area (Å²) >= 11 is 0. The largest absolute Gasteiger partial charge is 0.308 e. The predicted molar refractivity (Wildman–Crippen MR) is 480 cm³/mol. The molecule has 5 heterocycles. The molecule has 0 saturated carbocycles. The molecule has 0 amide bonds. The van der Waals surface area contributed by atoms with E-state index in [2.05, 4.69) is 324 Å². The van der Waals surface area contributed by atoms with Crippen molar-refractivity contribution in [2.45, 2.75) is 71.6 Å². The smallest absolute Gasteiger partial charge is 0.197 e. The van der Waals surface area contributed by atoms with Gasteiger partial charge in [0, 0.05) is 85.7 Å². The maximum Gasteiger partial charge on any atom is 0.197 e. The fourth-order valence-corrected chi connectivity index (χ4v) is 24.1. The first-order chi connectivity index (χ1) is 56.9. The average Bonchev–Trinajstić information content (AvgIpc) is 1.10. The van der Waals surface area contributed by atoms with Crippen LogP contribution in [-0.2, 0) is 16.2 Å². The summed E-state index contributed by atoms with van der Waals surface area (Å²) in [4.78, 5) is 63.3. The van der Waals surface area contributed by atoms with Crippen LogP contribution < -0.4 is 35.4 Å². The Bertz CT molecular complexity index is 6580. The first-order valence-electron chi connectivity index (χ1n) is 40.2. The highest BCUT2D eigenvalue weighted by molar-refractivity contribution is 7.21. The standard InChI is InChI=1S/C40H26N2OSi.C36H34N2O.C31H22N2O/c43-40-38-30-19-9-1-4-14-27(30)24-31(38)32-25-41-26-35(39(32)40)42-33-20-10-12-22-36(33)44(28-15-5-2-6-16-28,29-17-7-3-8-18-29)37-23-13-11-21-34(37)42;1-35(2,3)24-12-16-26(17-13-24)38(27-18-14-25(15-19-27)36(4,5)6)31-22-37-21-30-29-20-23-10-8-7-9-11-28(23)32(29)34(39)33(30)31;1-31(2)23-12-6-8-14-25(23)33(26-15-9-7-13-24(26)31)30-28-21(16-17-32-30)29(34)27-20-11-5-3-4-10-19(20)18-22(27)28/h1-26H;7-22H,1-6H3;3-18H,1-2H3. The first kappa shape index (κ1) is 71.9. The number of benzene rings is 8. The van der Waals surface area contributed by atoms with Gasteiger partial charge in [-0.2, -0.15) is 0 Å². The number of aromatic nitrogens is 3. The summed E-state index contributed by atoms with van der Waals surface area (Å²) in [6.45, 7) is 17.9. The van der Waals surface area contributed by atoms with E-state index in [1.807, 2.05) is 97.6 Å². The monoisotopic (exact) mass is 1530 g/mol. The van der Waals surface area contributed by atoms with E-state index < -0.39 is 8.07 Å². The van der Waals surface area contributed by atoms with Gasteiger partial charge in [-0.05, 0) is 177 Å². The van der Waals surface area contributed by atoms with Crippen LogP contribution in [0.15, 0.2) is 353 Å². The average molecular weight is 1530 g/mol. The summed E-state index contributed by atoms with van der Waals surface area (Å²) in [6, 6.07) is 113. The van der Waals surface area contributed by atoms with Crippen molar-refractivity contribution in [1.82, 2.24) is 15.0 Å². The molecule has 11 aliphatic rings. The molecule has 0 spiro atoms. The predicted octanol–water partition coefficient (Wildman–Crippen LogP) is 23.5. The van der Waals surface area contributed by atoms with Gasteiger partial charge in [-0.3, -0.25) is 29.3 Å². The van der Waals surface area contributed by atoms with Crippen LogP contribution in [0.25, 0.3) is 66.8 Å². The number of para-hydroxylation sites is 4. The fourth-order valence-electron chi connectivity index (χ4n) is 19.0. The van der Waals surface area contributed by atoms with E-state index in [0.717, 1.165) is 146 Å². The normalized spacial score (nSPS) is 14.0. The summed E-state index contributed by atoms with van der Waals surface area (Å²) in [5.41, 5.74) is 29.3. The second-order valence-electron chi connectivity index (χ2n) is 33.6. The summed E-state index contributed by atoms with van der Waals surface area (Å²) < 4.78 is 0. The maximum atomic E-state index is 14.5. The lowest BCUT2D eigenvalue weighted by atomic mass is 9.73. The van der Waals surface area contributed by atoms with Crippen molar-refractivity contribution >= 4 is 97.5 Å². The van der Waals surface area contributed by atoms with Crippen LogP contribution in [-0.4, -0.2) is 40.4 Å². The molecule has 8 aromatic carbocycles. The van der Waals surface area contributed by atoms with Crippen molar-refractivity contribution in [3.8, 4) is 66.8 Å². The van der Waals surface area contributed by atoms with Crippen molar-refractivity contribution in [1.29, 1.82) is 0 Å². The molecule has 0 radical (unpaired) electrons. The van der Waals surface area contributed by atoms with Crippen LogP contribution in [0.4, 0.5) is 51.3 Å². The highest BCUT2D eigenvalue weighted by Crippen LogP contribution is 2.58. The van der Waals surface area contributed by atoms with Gasteiger partial charge in [-0.1, -0.05) is 304 Å². The van der Waals surface area contributed by atoms with E-state index in [9.17, 15) is 14.4 Å². The quantitative estimate of drug-likeness (QED) is 0.144.